The number of halogens is 7. The second-order valence-corrected chi connectivity index (χ2v) is 3.71. The third-order valence-corrected chi connectivity index (χ3v) is 2.30. The molecular formula is C10H5ClF6N2O. The Hall–Kier alpha value is -1.69. The second kappa shape index (κ2) is 5.75. The average molecular weight is 319 g/mol. The minimum Gasteiger partial charge on any atom is -0.404 e. The molecule has 10 heteroatoms. The summed E-state index contributed by atoms with van der Waals surface area (Å²) in [4.78, 5) is 3.33. The van der Waals surface area contributed by atoms with Gasteiger partial charge in [-0.3, -0.25) is 4.98 Å². The second-order valence-electron chi connectivity index (χ2n) is 3.44. The maximum absolute atomic E-state index is 12.7. The molecule has 110 valence electrons. The van der Waals surface area contributed by atoms with Crippen LogP contribution in [0.3, 0.4) is 0 Å². The summed E-state index contributed by atoms with van der Waals surface area (Å²) in [5, 5.41) is 8.43. The summed E-state index contributed by atoms with van der Waals surface area (Å²) in [5.41, 5.74) is -2.69. The highest BCUT2D eigenvalue weighted by molar-refractivity contribution is 6.17. The molecule has 0 aliphatic carbocycles. The maximum atomic E-state index is 12.7. The zero-order valence-electron chi connectivity index (χ0n) is 9.44. The minimum atomic E-state index is -5.18. The lowest BCUT2D eigenvalue weighted by molar-refractivity contribution is -0.275. The third kappa shape index (κ3) is 4.16. The molecule has 0 aliphatic heterocycles. The molecule has 0 fully saturated rings. The fourth-order valence-electron chi connectivity index (χ4n) is 1.34. The molecule has 0 unspecified atom stereocenters. The Balaban J connectivity index is 3.43. The molecule has 1 aromatic rings. The summed E-state index contributed by atoms with van der Waals surface area (Å²) in [6.07, 6.45) is -10.9. The van der Waals surface area contributed by atoms with Crippen molar-refractivity contribution in [3.8, 4) is 11.8 Å². The highest BCUT2D eigenvalue weighted by Gasteiger charge is 2.38. The summed E-state index contributed by atoms with van der Waals surface area (Å²) < 4.78 is 77.9. The number of hydrogen-bond donors (Lipinski definition) is 0. The van der Waals surface area contributed by atoms with Gasteiger partial charge in [0.1, 0.15) is 0 Å². The highest BCUT2D eigenvalue weighted by Crippen LogP contribution is 2.37. The molecule has 0 N–H and O–H groups in total. The lowest BCUT2D eigenvalue weighted by Gasteiger charge is -2.16. The number of hydrogen-bond acceptors (Lipinski definition) is 3. The van der Waals surface area contributed by atoms with Gasteiger partial charge in [0.25, 0.3) is 0 Å². The van der Waals surface area contributed by atoms with E-state index in [1.165, 1.54) is 6.07 Å². The standard InChI is InChI=1S/C10H5ClF6N2O/c11-4-7-8(20-10(15,16)17)3-5(9(12,13)14)6(19-7)1-2-18/h3H,1,4H2. The number of nitrogens with zero attached hydrogens (tertiary/aromatic N) is 2. The maximum Gasteiger partial charge on any atom is 0.573 e. The van der Waals surface area contributed by atoms with E-state index in [1.54, 1.807) is 0 Å². The van der Waals surface area contributed by atoms with Gasteiger partial charge in [-0.1, -0.05) is 0 Å². The van der Waals surface area contributed by atoms with Crippen molar-refractivity contribution < 1.29 is 31.1 Å². The third-order valence-electron chi connectivity index (χ3n) is 2.04. The predicted molar refractivity (Wildman–Crippen MR) is 54.8 cm³/mol. The quantitative estimate of drug-likeness (QED) is 0.629. The first-order valence-electron chi connectivity index (χ1n) is 4.87. The van der Waals surface area contributed by atoms with Crippen LogP contribution in [0.1, 0.15) is 17.0 Å². The molecule has 0 radical (unpaired) electrons. The largest absolute Gasteiger partial charge is 0.573 e. The van der Waals surface area contributed by atoms with E-state index >= 15 is 0 Å². The lowest BCUT2D eigenvalue weighted by Crippen LogP contribution is -2.20. The van der Waals surface area contributed by atoms with Crippen molar-refractivity contribution in [1.82, 2.24) is 4.98 Å². The molecule has 20 heavy (non-hydrogen) atoms. The van der Waals surface area contributed by atoms with Crippen LogP contribution in [0.4, 0.5) is 26.3 Å². The molecular weight excluding hydrogens is 314 g/mol. The smallest absolute Gasteiger partial charge is 0.404 e. The molecule has 0 aliphatic rings. The Bertz CT molecular complexity index is 534. The Kier molecular flexibility index (Phi) is 4.70. The van der Waals surface area contributed by atoms with Gasteiger partial charge in [-0.15, -0.1) is 24.8 Å². The van der Waals surface area contributed by atoms with Crippen molar-refractivity contribution in [2.24, 2.45) is 0 Å². The van der Waals surface area contributed by atoms with Gasteiger partial charge >= 0.3 is 12.5 Å². The van der Waals surface area contributed by atoms with Crippen LogP contribution in [-0.4, -0.2) is 11.3 Å². The number of rotatable bonds is 3. The SMILES string of the molecule is N#CCc1nc(CCl)c(OC(F)(F)F)cc1C(F)(F)F. The van der Waals surface area contributed by atoms with E-state index < -0.39 is 47.5 Å². The van der Waals surface area contributed by atoms with E-state index in [4.69, 9.17) is 16.9 Å². The van der Waals surface area contributed by atoms with E-state index in [9.17, 15) is 26.3 Å². The normalized spacial score (nSPS) is 12.1. The molecule has 0 aromatic carbocycles. The van der Waals surface area contributed by atoms with Crippen LogP contribution in [0.15, 0.2) is 6.07 Å². The molecule has 1 rings (SSSR count). The van der Waals surface area contributed by atoms with Crippen LogP contribution in [0, 0.1) is 11.3 Å². The molecule has 1 aromatic heterocycles. The lowest BCUT2D eigenvalue weighted by atomic mass is 10.1. The summed E-state index contributed by atoms with van der Waals surface area (Å²) in [6, 6.07) is 1.59. The molecule has 0 amide bonds. The number of aromatic nitrogens is 1. The average Bonchev–Trinajstić information content (AvgIpc) is 2.27. The topological polar surface area (TPSA) is 45.9 Å². The number of alkyl halides is 7. The van der Waals surface area contributed by atoms with E-state index in [-0.39, 0.29) is 6.07 Å². The van der Waals surface area contributed by atoms with Gasteiger partial charge in [0.15, 0.2) is 5.75 Å². The van der Waals surface area contributed by atoms with Gasteiger partial charge in [0.05, 0.1) is 35.3 Å². The van der Waals surface area contributed by atoms with Gasteiger partial charge < -0.3 is 4.74 Å². The van der Waals surface area contributed by atoms with Crippen LogP contribution in [0.5, 0.6) is 5.75 Å². The van der Waals surface area contributed by atoms with Gasteiger partial charge in [-0.05, 0) is 6.07 Å². The van der Waals surface area contributed by atoms with E-state index in [1.807, 2.05) is 0 Å². The number of pyridine rings is 1. The summed E-state index contributed by atoms with van der Waals surface area (Å²) in [5.74, 6) is -1.73. The van der Waals surface area contributed by atoms with Crippen molar-refractivity contribution >= 4 is 11.6 Å². The number of nitriles is 1. The Morgan fingerprint density at radius 2 is 1.80 bits per heavy atom. The molecule has 1 heterocycles. The van der Waals surface area contributed by atoms with Gasteiger partial charge in [0.2, 0.25) is 0 Å². The fraction of sp³-hybridized carbons (Fsp3) is 0.400. The molecule has 0 atom stereocenters. The molecule has 0 spiro atoms. The Morgan fingerprint density at radius 1 is 1.20 bits per heavy atom. The summed E-state index contributed by atoms with van der Waals surface area (Å²) in [6.45, 7) is 0. The Morgan fingerprint density at radius 3 is 2.20 bits per heavy atom. The van der Waals surface area contributed by atoms with Crippen molar-refractivity contribution in [1.29, 1.82) is 5.26 Å². The van der Waals surface area contributed by atoms with Crippen LogP contribution in [-0.2, 0) is 18.5 Å². The van der Waals surface area contributed by atoms with Crippen molar-refractivity contribution in [3.05, 3.63) is 23.0 Å². The minimum absolute atomic E-state index is 0.144. The highest BCUT2D eigenvalue weighted by atomic mass is 35.5. The number of ether oxygens (including phenoxy) is 1. The summed E-state index contributed by atoms with van der Waals surface area (Å²) >= 11 is 5.33. The van der Waals surface area contributed by atoms with Crippen LogP contribution in [0.2, 0.25) is 0 Å². The monoisotopic (exact) mass is 318 g/mol. The molecule has 3 nitrogen and oxygen atoms in total. The van der Waals surface area contributed by atoms with Gasteiger partial charge in [-0.25, -0.2) is 0 Å². The predicted octanol–water partition coefficient (Wildman–Crippen LogP) is 3.80. The first-order valence-corrected chi connectivity index (χ1v) is 5.40. The van der Waals surface area contributed by atoms with Crippen LogP contribution in [0.25, 0.3) is 0 Å². The van der Waals surface area contributed by atoms with Crippen molar-refractivity contribution in [2.45, 2.75) is 24.8 Å². The van der Waals surface area contributed by atoms with Gasteiger partial charge in [-0.2, -0.15) is 18.4 Å². The molecule has 0 saturated heterocycles. The van der Waals surface area contributed by atoms with Crippen molar-refractivity contribution in [3.63, 3.8) is 0 Å². The van der Waals surface area contributed by atoms with Crippen LogP contribution >= 0.6 is 11.6 Å². The molecule has 0 saturated carbocycles. The first-order chi connectivity index (χ1) is 9.08. The van der Waals surface area contributed by atoms with E-state index in [0.29, 0.717) is 0 Å². The fourth-order valence-corrected chi connectivity index (χ4v) is 1.53. The van der Waals surface area contributed by atoms with Gasteiger partial charge in [0, 0.05) is 0 Å². The zero-order valence-corrected chi connectivity index (χ0v) is 10.2. The van der Waals surface area contributed by atoms with E-state index in [2.05, 4.69) is 9.72 Å². The first kappa shape index (κ1) is 16.4. The van der Waals surface area contributed by atoms with E-state index in [0.717, 1.165) is 0 Å². The van der Waals surface area contributed by atoms with Crippen molar-refractivity contribution in [2.75, 3.05) is 0 Å². The Labute approximate surface area is 113 Å². The molecule has 0 bridgehead atoms. The van der Waals surface area contributed by atoms with Crippen LogP contribution < -0.4 is 4.74 Å². The zero-order chi connectivity index (χ0) is 15.6. The summed E-state index contributed by atoms with van der Waals surface area (Å²) in [7, 11) is 0.